The first-order valence-corrected chi connectivity index (χ1v) is 8.42. The van der Waals surface area contributed by atoms with Crippen LogP contribution in [0.4, 0.5) is 4.79 Å². The fourth-order valence-corrected chi connectivity index (χ4v) is 2.85. The number of aromatic nitrogens is 1. The summed E-state index contributed by atoms with van der Waals surface area (Å²) in [5.74, 6) is -0.0403. The molecule has 1 aliphatic heterocycles. The van der Waals surface area contributed by atoms with E-state index in [0.29, 0.717) is 25.2 Å². The van der Waals surface area contributed by atoms with Gasteiger partial charge < -0.3 is 15.5 Å². The molecule has 6 nitrogen and oxygen atoms in total. The van der Waals surface area contributed by atoms with Gasteiger partial charge in [0, 0.05) is 37.6 Å². The number of likely N-dealkylation sites (tertiary alicyclic amines) is 1. The van der Waals surface area contributed by atoms with Gasteiger partial charge in [0.15, 0.2) is 0 Å². The average molecular weight is 338 g/mol. The quantitative estimate of drug-likeness (QED) is 0.896. The molecular formula is C19H22N4O2. The lowest BCUT2D eigenvalue weighted by atomic mass is 10.2. The van der Waals surface area contributed by atoms with Gasteiger partial charge in [-0.05, 0) is 31.0 Å². The van der Waals surface area contributed by atoms with Crippen LogP contribution in [0, 0.1) is 6.92 Å². The lowest BCUT2D eigenvalue weighted by Crippen LogP contribution is -2.43. The predicted molar refractivity (Wildman–Crippen MR) is 95.1 cm³/mol. The minimum atomic E-state index is -0.208. The third kappa shape index (κ3) is 4.56. The van der Waals surface area contributed by atoms with Crippen LogP contribution >= 0.6 is 0 Å². The highest BCUT2D eigenvalue weighted by Gasteiger charge is 2.28. The van der Waals surface area contributed by atoms with Crippen LogP contribution in [0.25, 0.3) is 0 Å². The number of urea groups is 1. The third-order valence-corrected chi connectivity index (χ3v) is 4.26. The Kier molecular flexibility index (Phi) is 5.28. The van der Waals surface area contributed by atoms with Crippen molar-refractivity contribution in [2.24, 2.45) is 0 Å². The van der Waals surface area contributed by atoms with Crippen molar-refractivity contribution < 1.29 is 9.59 Å². The molecule has 1 atom stereocenters. The second-order valence-corrected chi connectivity index (χ2v) is 6.24. The molecule has 0 unspecified atom stereocenters. The maximum atomic E-state index is 12.5. The van der Waals surface area contributed by atoms with Gasteiger partial charge in [0.1, 0.15) is 0 Å². The summed E-state index contributed by atoms with van der Waals surface area (Å²) in [6, 6.07) is 13.1. The molecule has 0 saturated carbocycles. The summed E-state index contributed by atoms with van der Waals surface area (Å²) >= 11 is 0. The summed E-state index contributed by atoms with van der Waals surface area (Å²) in [5, 5.41) is 5.78. The van der Waals surface area contributed by atoms with Crippen LogP contribution in [-0.4, -0.2) is 41.0 Å². The number of rotatable bonds is 4. The van der Waals surface area contributed by atoms with Crippen molar-refractivity contribution in [1.29, 1.82) is 0 Å². The zero-order chi connectivity index (χ0) is 17.6. The Bertz CT molecular complexity index is 731. The SMILES string of the molecule is Cc1ccc(C(=O)N2CC[C@@H](NC(=O)NCc3ccccc3)C2)cn1. The monoisotopic (exact) mass is 338 g/mol. The van der Waals surface area contributed by atoms with Crippen molar-refractivity contribution in [1.82, 2.24) is 20.5 Å². The first-order valence-electron chi connectivity index (χ1n) is 8.42. The Morgan fingerprint density at radius 1 is 1.20 bits per heavy atom. The number of nitrogens with zero attached hydrogens (tertiary/aromatic N) is 2. The highest BCUT2D eigenvalue weighted by atomic mass is 16.2. The van der Waals surface area contributed by atoms with E-state index in [9.17, 15) is 9.59 Å². The minimum Gasteiger partial charge on any atom is -0.336 e. The van der Waals surface area contributed by atoms with E-state index in [2.05, 4.69) is 15.6 Å². The number of nitrogens with one attached hydrogen (secondary N) is 2. The molecule has 1 saturated heterocycles. The van der Waals surface area contributed by atoms with Crippen LogP contribution in [0.5, 0.6) is 0 Å². The predicted octanol–water partition coefficient (Wildman–Crippen LogP) is 2.10. The molecule has 2 aromatic rings. The summed E-state index contributed by atoms with van der Waals surface area (Å²) in [5.41, 5.74) is 2.51. The van der Waals surface area contributed by atoms with E-state index in [1.54, 1.807) is 17.2 Å². The Morgan fingerprint density at radius 3 is 2.72 bits per heavy atom. The van der Waals surface area contributed by atoms with Gasteiger partial charge in [-0.2, -0.15) is 0 Å². The maximum absolute atomic E-state index is 12.5. The Labute approximate surface area is 147 Å². The Morgan fingerprint density at radius 2 is 2.00 bits per heavy atom. The van der Waals surface area contributed by atoms with Crippen molar-refractivity contribution >= 4 is 11.9 Å². The maximum Gasteiger partial charge on any atom is 0.315 e. The lowest BCUT2D eigenvalue weighted by molar-refractivity contribution is 0.0789. The number of amides is 3. The molecule has 3 amide bonds. The van der Waals surface area contributed by atoms with E-state index in [4.69, 9.17) is 0 Å². The molecule has 0 spiro atoms. The van der Waals surface area contributed by atoms with E-state index in [1.807, 2.05) is 43.3 Å². The molecule has 1 aliphatic rings. The van der Waals surface area contributed by atoms with Gasteiger partial charge >= 0.3 is 6.03 Å². The van der Waals surface area contributed by atoms with Crippen molar-refractivity contribution in [3.63, 3.8) is 0 Å². The first kappa shape index (κ1) is 17.0. The summed E-state index contributed by atoms with van der Waals surface area (Å²) in [6.45, 7) is 3.52. The van der Waals surface area contributed by atoms with Crippen molar-refractivity contribution in [3.05, 3.63) is 65.5 Å². The fraction of sp³-hybridized carbons (Fsp3) is 0.316. The molecule has 1 aromatic heterocycles. The smallest absolute Gasteiger partial charge is 0.315 e. The van der Waals surface area contributed by atoms with Crippen LogP contribution in [0.2, 0.25) is 0 Å². The number of carbonyl (C=O) groups excluding carboxylic acids is 2. The first-order chi connectivity index (χ1) is 12.1. The van der Waals surface area contributed by atoms with Gasteiger partial charge in [-0.1, -0.05) is 30.3 Å². The Balaban J connectivity index is 1.46. The topological polar surface area (TPSA) is 74.3 Å². The molecule has 1 aromatic carbocycles. The van der Waals surface area contributed by atoms with Gasteiger partial charge in [-0.25, -0.2) is 4.79 Å². The fourth-order valence-electron chi connectivity index (χ4n) is 2.85. The summed E-state index contributed by atoms with van der Waals surface area (Å²) in [6.07, 6.45) is 2.36. The van der Waals surface area contributed by atoms with E-state index < -0.39 is 0 Å². The number of aryl methyl sites for hydroxylation is 1. The molecule has 130 valence electrons. The highest BCUT2D eigenvalue weighted by molar-refractivity contribution is 5.94. The largest absolute Gasteiger partial charge is 0.336 e. The molecule has 2 heterocycles. The highest BCUT2D eigenvalue weighted by Crippen LogP contribution is 2.13. The molecule has 0 bridgehead atoms. The standard InChI is InChI=1S/C19H22N4O2/c1-14-7-8-16(12-20-14)18(24)23-10-9-17(13-23)22-19(25)21-11-15-5-3-2-4-6-15/h2-8,12,17H,9-11,13H2,1H3,(H2,21,22,25)/t17-/m1/s1. The third-order valence-electron chi connectivity index (χ3n) is 4.26. The van der Waals surface area contributed by atoms with Gasteiger partial charge in [0.05, 0.1) is 5.56 Å². The molecule has 0 aliphatic carbocycles. The van der Waals surface area contributed by atoms with Gasteiger partial charge in [-0.3, -0.25) is 9.78 Å². The van der Waals surface area contributed by atoms with Crippen LogP contribution in [0.3, 0.4) is 0 Å². The molecule has 25 heavy (non-hydrogen) atoms. The molecular weight excluding hydrogens is 316 g/mol. The molecule has 0 radical (unpaired) electrons. The second-order valence-electron chi connectivity index (χ2n) is 6.24. The van der Waals surface area contributed by atoms with Crippen molar-refractivity contribution in [3.8, 4) is 0 Å². The van der Waals surface area contributed by atoms with Crippen LogP contribution in [-0.2, 0) is 6.54 Å². The number of hydrogen-bond donors (Lipinski definition) is 2. The molecule has 3 rings (SSSR count). The van der Waals surface area contributed by atoms with Crippen LogP contribution in [0.15, 0.2) is 48.7 Å². The van der Waals surface area contributed by atoms with E-state index in [1.165, 1.54) is 0 Å². The van der Waals surface area contributed by atoms with Gasteiger partial charge in [0.25, 0.3) is 5.91 Å². The minimum absolute atomic E-state index is 0.0295. The second kappa shape index (κ2) is 7.79. The van der Waals surface area contributed by atoms with Crippen molar-refractivity contribution in [2.75, 3.05) is 13.1 Å². The molecule has 1 fully saturated rings. The molecule has 6 heteroatoms. The van der Waals surface area contributed by atoms with E-state index >= 15 is 0 Å². The number of pyridine rings is 1. The van der Waals surface area contributed by atoms with Gasteiger partial charge in [0.2, 0.25) is 0 Å². The summed E-state index contributed by atoms with van der Waals surface area (Å²) in [4.78, 5) is 30.4. The average Bonchev–Trinajstić information content (AvgIpc) is 3.09. The summed E-state index contributed by atoms with van der Waals surface area (Å²) in [7, 11) is 0. The van der Waals surface area contributed by atoms with E-state index in [-0.39, 0.29) is 18.0 Å². The zero-order valence-corrected chi connectivity index (χ0v) is 14.2. The molecule has 2 N–H and O–H groups in total. The number of hydrogen-bond acceptors (Lipinski definition) is 3. The van der Waals surface area contributed by atoms with E-state index in [0.717, 1.165) is 17.7 Å². The van der Waals surface area contributed by atoms with Crippen LogP contribution in [0.1, 0.15) is 28.0 Å². The number of carbonyl (C=O) groups is 2. The summed E-state index contributed by atoms with van der Waals surface area (Å²) < 4.78 is 0. The number of benzene rings is 1. The zero-order valence-electron chi connectivity index (χ0n) is 14.2. The van der Waals surface area contributed by atoms with Crippen molar-refractivity contribution in [2.45, 2.75) is 25.9 Å². The Hall–Kier alpha value is -2.89. The normalized spacial score (nSPS) is 16.5. The lowest BCUT2D eigenvalue weighted by Gasteiger charge is -2.17. The van der Waals surface area contributed by atoms with Crippen LogP contribution < -0.4 is 10.6 Å². The van der Waals surface area contributed by atoms with Gasteiger partial charge in [-0.15, -0.1) is 0 Å².